The van der Waals surface area contributed by atoms with Crippen molar-refractivity contribution in [2.24, 2.45) is 11.8 Å². The summed E-state index contributed by atoms with van der Waals surface area (Å²) < 4.78 is 13.4. The third kappa shape index (κ3) is 4.44. The largest absolute Gasteiger partial charge is 0.271 e. The topological polar surface area (TPSA) is 38.0 Å². The van der Waals surface area contributed by atoms with E-state index >= 15 is 0 Å². The second-order valence-electron chi connectivity index (χ2n) is 5.56. The fraction of sp³-hybridized carbons (Fsp3) is 0.600. The van der Waals surface area contributed by atoms with Gasteiger partial charge in [-0.2, -0.15) is 0 Å². The van der Waals surface area contributed by atoms with Crippen LogP contribution in [0.3, 0.4) is 0 Å². The molecule has 0 aliphatic heterocycles. The number of benzene rings is 1. The van der Waals surface area contributed by atoms with Crippen molar-refractivity contribution in [3.8, 4) is 0 Å². The van der Waals surface area contributed by atoms with Gasteiger partial charge < -0.3 is 0 Å². The molecule has 0 spiro atoms. The minimum atomic E-state index is -0.354. The summed E-state index contributed by atoms with van der Waals surface area (Å²) in [4.78, 5) is 0. The van der Waals surface area contributed by atoms with Crippen molar-refractivity contribution < 1.29 is 4.39 Å². The number of hydrogen-bond donors (Lipinski definition) is 2. The van der Waals surface area contributed by atoms with Crippen LogP contribution in [0.2, 0.25) is 5.02 Å². The molecule has 0 heterocycles. The van der Waals surface area contributed by atoms with Crippen LogP contribution >= 0.6 is 11.6 Å². The van der Waals surface area contributed by atoms with Gasteiger partial charge in [-0.1, -0.05) is 49.8 Å². The Kier molecular flexibility index (Phi) is 5.61. The van der Waals surface area contributed by atoms with E-state index in [1.165, 1.54) is 38.2 Å². The molecule has 0 bridgehead atoms. The van der Waals surface area contributed by atoms with Gasteiger partial charge in [0.15, 0.2) is 0 Å². The van der Waals surface area contributed by atoms with E-state index in [1.54, 1.807) is 6.07 Å². The Morgan fingerprint density at radius 1 is 1.32 bits per heavy atom. The van der Waals surface area contributed by atoms with Gasteiger partial charge in [0.1, 0.15) is 5.82 Å². The number of hydrogen-bond acceptors (Lipinski definition) is 2. The number of hydrazine groups is 1. The van der Waals surface area contributed by atoms with Crippen LogP contribution in [0.5, 0.6) is 0 Å². The maximum atomic E-state index is 13.4. The molecule has 1 aliphatic carbocycles. The lowest BCUT2D eigenvalue weighted by atomic mass is 9.84. The lowest BCUT2D eigenvalue weighted by Crippen LogP contribution is -2.38. The standard InChI is InChI=1S/C15H22ClFN2/c16-14-7-6-12(10-15(14)17)9-13(19-18)8-11-4-2-1-3-5-11/h6-7,10-11,13,19H,1-5,8-9,18H2. The van der Waals surface area contributed by atoms with Gasteiger partial charge in [0.25, 0.3) is 0 Å². The van der Waals surface area contributed by atoms with Crippen LogP contribution in [0.25, 0.3) is 0 Å². The third-order valence-corrected chi connectivity index (χ3v) is 4.35. The van der Waals surface area contributed by atoms with E-state index in [1.807, 2.05) is 6.07 Å². The van der Waals surface area contributed by atoms with Crippen molar-refractivity contribution in [2.75, 3.05) is 0 Å². The van der Waals surface area contributed by atoms with Crippen LogP contribution in [0.4, 0.5) is 4.39 Å². The average molecular weight is 285 g/mol. The van der Waals surface area contributed by atoms with E-state index in [2.05, 4.69) is 5.43 Å². The molecule has 0 amide bonds. The molecule has 0 aromatic heterocycles. The Labute approximate surface area is 119 Å². The Bertz CT molecular complexity index is 405. The van der Waals surface area contributed by atoms with Gasteiger partial charge in [-0.3, -0.25) is 11.3 Å². The Morgan fingerprint density at radius 2 is 2.05 bits per heavy atom. The molecule has 4 heteroatoms. The first-order valence-electron chi connectivity index (χ1n) is 7.09. The molecule has 2 rings (SSSR count). The van der Waals surface area contributed by atoms with Crippen LogP contribution in [-0.2, 0) is 6.42 Å². The van der Waals surface area contributed by atoms with E-state index in [4.69, 9.17) is 17.4 Å². The highest BCUT2D eigenvalue weighted by Gasteiger charge is 2.18. The van der Waals surface area contributed by atoms with E-state index < -0.39 is 0 Å². The van der Waals surface area contributed by atoms with Gasteiger partial charge >= 0.3 is 0 Å². The van der Waals surface area contributed by atoms with E-state index in [-0.39, 0.29) is 16.9 Å². The Balaban J connectivity index is 1.92. The lowest BCUT2D eigenvalue weighted by Gasteiger charge is -2.26. The van der Waals surface area contributed by atoms with Gasteiger partial charge in [-0.15, -0.1) is 0 Å². The summed E-state index contributed by atoms with van der Waals surface area (Å²) in [6.07, 6.45) is 8.44. The highest BCUT2D eigenvalue weighted by molar-refractivity contribution is 6.30. The summed E-state index contributed by atoms with van der Waals surface area (Å²) >= 11 is 5.69. The SMILES string of the molecule is NNC(Cc1ccc(Cl)c(F)c1)CC1CCCCC1. The molecule has 1 aromatic carbocycles. The van der Waals surface area contributed by atoms with E-state index in [0.717, 1.165) is 24.3 Å². The maximum Gasteiger partial charge on any atom is 0.142 e. The lowest BCUT2D eigenvalue weighted by molar-refractivity contribution is 0.298. The first kappa shape index (κ1) is 14.8. The average Bonchev–Trinajstić information content (AvgIpc) is 2.43. The molecule has 19 heavy (non-hydrogen) atoms. The second kappa shape index (κ2) is 7.22. The van der Waals surface area contributed by atoms with E-state index in [9.17, 15) is 4.39 Å². The van der Waals surface area contributed by atoms with Crippen LogP contribution in [-0.4, -0.2) is 6.04 Å². The minimum absolute atomic E-state index is 0.174. The van der Waals surface area contributed by atoms with Crippen LogP contribution in [0, 0.1) is 11.7 Å². The summed E-state index contributed by atoms with van der Waals surface area (Å²) in [5.74, 6) is 6.04. The van der Waals surface area contributed by atoms with Crippen molar-refractivity contribution >= 4 is 11.6 Å². The zero-order chi connectivity index (χ0) is 13.7. The van der Waals surface area contributed by atoms with Crippen LogP contribution < -0.4 is 11.3 Å². The number of halogens is 2. The highest BCUT2D eigenvalue weighted by atomic mass is 35.5. The van der Waals surface area contributed by atoms with Crippen LogP contribution in [0.15, 0.2) is 18.2 Å². The molecule has 1 saturated carbocycles. The molecule has 3 N–H and O–H groups in total. The van der Waals surface area contributed by atoms with Gasteiger partial charge in [0.2, 0.25) is 0 Å². The predicted molar refractivity (Wildman–Crippen MR) is 77.4 cm³/mol. The first-order valence-corrected chi connectivity index (χ1v) is 7.47. The molecule has 1 atom stereocenters. The van der Waals surface area contributed by atoms with Crippen molar-refractivity contribution in [3.63, 3.8) is 0 Å². The molecule has 1 unspecified atom stereocenters. The summed E-state index contributed by atoms with van der Waals surface area (Å²) in [6.45, 7) is 0. The third-order valence-electron chi connectivity index (χ3n) is 4.04. The molecule has 2 nitrogen and oxygen atoms in total. The van der Waals surface area contributed by atoms with Crippen molar-refractivity contribution in [1.29, 1.82) is 0 Å². The zero-order valence-corrected chi connectivity index (χ0v) is 11.9. The second-order valence-corrected chi connectivity index (χ2v) is 5.96. The highest BCUT2D eigenvalue weighted by Crippen LogP contribution is 2.28. The molecular weight excluding hydrogens is 263 g/mol. The molecule has 1 aromatic rings. The molecular formula is C15H22ClFN2. The molecule has 106 valence electrons. The smallest absolute Gasteiger partial charge is 0.142 e. The minimum Gasteiger partial charge on any atom is -0.271 e. The molecule has 1 aliphatic rings. The monoisotopic (exact) mass is 284 g/mol. The maximum absolute atomic E-state index is 13.4. The number of nitrogens with two attached hydrogens (primary N) is 1. The summed E-state index contributed by atoms with van der Waals surface area (Å²) in [5, 5.41) is 0.174. The number of rotatable bonds is 5. The van der Waals surface area contributed by atoms with Crippen molar-refractivity contribution in [3.05, 3.63) is 34.6 Å². The summed E-state index contributed by atoms with van der Waals surface area (Å²) in [6, 6.07) is 5.20. The van der Waals surface area contributed by atoms with Crippen molar-refractivity contribution in [1.82, 2.24) is 5.43 Å². The normalized spacial score (nSPS) is 18.5. The molecule has 1 fully saturated rings. The number of nitrogens with one attached hydrogen (secondary N) is 1. The van der Waals surface area contributed by atoms with Crippen molar-refractivity contribution in [2.45, 2.75) is 51.0 Å². The molecule has 0 saturated heterocycles. The quantitative estimate of drug-likeness (QED) is 0.637. The Morgan fingerprint density at radius 3 is 2.68 bits per heavy atom. The van der Waals surface area contributed by atoms with Gasteiger partial charge in [0.05, 0.1) is 5.02 Å². The van der Waals surface area contributed by atoms with Crippen LogP contribution in [0.1, 0.15) is 44.1 Å². The predicted octanol–water partition coefficient (Wildman–Crippen LogP) is 3.82. The Hall–Kier alpha value is -0.640. The summed E-state index contributed by atoms with van der Waals surface area (Å²) in [5.41, 5.74) is 3.82. The summed E-state index contributed by atoms with van der Waals surface area (Å²) in [7, 11) is 0. The van der Waals surface area contributed by atoms with Gasteiger partial charge in [-0.25, -0.2) is 4.39 Å². The van der Waals surface area contributed by atoms with E-state index in [0.29, 0.717) is 0 Å². The van der Waals surface area contributed by atoms with Gasteiger partial charge in [-0.05, 0) is 36.5 Å². The molecule has 0 radical (unpaired) electrons. The van der Waals surface area contributed by atoms with Gasteiger partial charge in [0, 0.05) is 6.04 Å². The zero-order valence-electron chi connectivity index (χ0n) is 11.2. The fourth-order valence-electron chi connectivity index (χ4n) is 2.99. The first-order chi connectivity index (χ1) is 9.19. The fourth-order valence-corrected chi connectivity index (χ4v) is 3.10.